The minimum Gasteiger partial charge on any atom is -0.339 e. The van der Waals surface area contributed by atoms with E-state index in [0.717, 1.165) is 24.7 Å². The van der Waals surface area contributed by atoms with Gasteiger partial charge in [-0.15, -0.1) is 22.6 Å². The van der Waals surface area contributed by atoms with Crippen molar-refractivity contribution in [1.82, 2.24) is 25.0 Å². The van der Waals surface area contributed by atoms with Gasteiger partial charge in [-0.25, -0.2) is 4.39 Å². The van der Waals surface area contributed by atoms with Crippen LogP contribution in [-0.2, 0) is 19.3 Å². The van der Waals surface area contributed by atoms with Gasteiger partial charge in [-0.2, -0.15) is 13.2 Å². The van der Waals surface area contributed by atoms with E-state index in [1.165, 1.54) is 4.90 Å². The van der Waals surface area contributed by atoms with Crippen molar-refractivity contribution in [3.63, 3.8) is 0 Å². The van der Waals surface area contributed by atoms with Crippen LogP contribution in [0.4, 0.5) is 17.6 Å². The maximum atomic E-state index is 14.0. The number of hydrogen-bond acceptors (Lipinski definition) is 4. The van der Waals surface area contributed by atoms with Crippen LogP contribution in [0.1, 0.15) is 46.3 Å². The third-order valence-electron chi connectivity index (χ3n) is 5.32. The van der Waals surface area contributed by atoms with Crippen LogP contribution in [0, 0.1) is 5.82 Å². The second kappa shape index (κ2) is 8.27. The Labute approximate surface area is 170 Å². The van der Waals surface area contributed by atoms with Crippen molar-refractivity contribution in [2.24, 2.45) is 0 Å². The maximum absolute atomic E-state index is 14.0. The van der Waals surface area contributed by atoms with Gasteiger partial charge in [-0.1, -0.05) is 0 Å². The molecule has 11 heteroatoms. The summed E-state index contributed by atoms with van der Waals surface area (Å²) in [6.07, 6.45) is -3.41. The summed E-state index contributed by atoms with van der Waals surface area (Å²) in [6, 6.07) is 1.92. The molecule has 158 valence electrons. The highest BCUT2D eigenvalue weighted by Gasteiger charge is 2.34. The Kier molecular flexibility index (Phi) is 6.13. The quantitative estimate of drug-likeness (QED) is 0.740. The summed E-state index contributed by atoms with van der Waals surface area (Å²) < 4.78 is 54.8. The van der Waals surface area contributed by atoms with E-state index in [0.29, 0.717) is 50.7 Å². The van der Waals surface area contributed by atoms with Crippen molar-refractivity contribution >= 4 is 18.3 Å². The molecule has 4 rings (SSSR count). The van der Waals surface area contributed by atoms with Gasteiger partial charge in [0.2, 0.25) is 0 Å². The molecule has 2 aromatic rings. The van der Waals surface area contributed by atoms with Gasteiger partial charge < -0.3 is 14.8 Å². The van der Waals surface area contributed by atoms with Crippen molar-refractivity contribution in [1.29, 1.82) is 0 Å². The topological polar surface area (TPSA) is 63.1 Å². The van der Waals surface area contributed by atoms with Crippen LogP contribution in [0.15, 0.2) is 18.2 Å². The number of hydrogen-bond donors (Lipinski definition) is 1. The molecular weight excluding hydrogens is 414 g/mol. The summed E-state index contributed by atoms with van der Waals surface area (Å²) in [5.41, 5.74) is -1.57. The van der Waals surface area contributed by atoms with Gasteiger partial charge in [0.1, 0.15) is 17.5 Å². The van der Waals surface area contributed by atoms with E-state index < -0.39 is 29.0 Å². The Morgan fingerprint density at radius 2 is 1.86 bits per heavy atom. The lowest BCUT2D eigenvalue weighted by Crippen LogP contribution is -2.39. The number of nitrogens with zero attached hydrogens (tertiary/aromatic N) is 4. The van der Waals surface area contributed by atoms with Gasteiger partial charge >= 0.3 is 6.18 Å². The highest BCUT2D eigenvalue weighted by molar-refractivity contribution is 5.94. The van der Waals surface area contributed by atoms with Gasteiger partial charge in [-0.05, 0) is 31.0 Å². The number of likely N-dealkylation sites (tertiary alicyclic amines) is 1. The average Bonchev–Trinajstić information content (AvgIpc) is 3.11. The Balaban J connectivity index is 0.00000240. The number of carbonyl (C=O) groups is 1. The van der Waals surface area contributed by atoms with Crippen molar-refractivity contribution in [2.45, 2.75) is 38.0 Å². The molecular formula is C18H20ClF4N5O. The van der Waals surface area contributed by atoms with Gasteiger partial charge in [-0.3, -0.25) is 4.79 Å². The number of rotatable bonds is 2. The number of amides is 1. The standard InChI is InChI=1S/C18H19F4N5O.ClH/c19-14-2-1-12(18(20,21)22)9-13(14)17(28)26-6-3-11(4-7-26)16-25-24-15-10-23-5-8-27(15)16;/h1-2,9,11,23H,3-8,10H2;1H. The zero-order valence-electron chi connectivity index (χ0n) is 15.4. The highest BCUT2D eigenvalue weighted by atomic mass is 35.5. The Bertz CT molecular complexity index is 893. The number of fused-ring (bicyclic) bond motifs is 1. The predicted octanol–water partition coefficient (Wildman–Crippen LogP) is 2.98. The molecule has 0 unspecified atom stereocenters. The Morgan fingerprint density at radius 1 is 1.14 bits per heavy atom. The summed E-state index contributed by atoms with van der Waals surface area (Å²) in [6.45, 7) is 2.95. The zero-order chi connectivity index (χ0) is 19.9. The summed E-state index contributed by atoms with van der Waals surface area (Å²) in [5, 5.41) is 11.7. The van der Waals surface area contributed by atoms with Crippen molar-refractivity contribution in [3.05, 3.63) is 46.8 Å². The van der Waals surface area contributed by atoms with E-state index in [4.69, 9.17) is 0 Å². The van der Waals surface area contributed by atoms with Crippen LogP contribution in [0.3, 0.4) is 0 Å². The first-order chi connectivity index (χ1) is 13.3. The van der Waals surface area contributed by atoms with Crippen LogP contribution in [0.2, 0.25) is 0 Å². The lowest BCUT2D eigenvalue weighted by molar-refractivity contribution is -0.137. The van der Waals surface area contributed by atoms with E-state index in [2.05, 4.69) is 20.1 Å². The second-order valence-electron chi connectivity index (χ2n) is 7.06. The molecule has 0 atom stereocenters. The third kappa shape index (κ3) is 4.23. The maximum Gasteiger partial charge on any atom is 0.416 e. The third-order valence-corrected chi connectivity index (χ3v) is 5.32. The lowest BCUT2D eigenvalue weighted by atomic mass is 9.95. The number of carbonyl (C=O) groups excluding carboxylic acids is 1. The van der Waals surface area contributed by atoms with Crippen molar-refractivity contribution < 1.29 is 22.4 Å². The van der Waals surface area contributed by atoms with Gasteiger partial charge in [0.25, 0.3) is 5.91 Å². The molecule has 0 spiro atoms. The van der Waals surface area contributed by atoms with Gasteiger partial charge in [0.05, 0.1) is 17.7 Å². The summed E-state index contributed by atoms with van der Waals surface area (Å²) in [5.74, 6) is 0.225. The lowest BCUT2D eigenvalue weighted by Gasteiger charge is -2.32. The molecule has 1 N–H and O–H groups in total. The molecule has 1 saturated heterocycles. The molecule has 1 aromatic carbocycles. The molecule has 0 aliphatic carbocycles. The zero-order valence-corrected chi connectivity index (χ0v) is 16.2. The second-order valence-corrected chi connectivity index (χ2v) is 7.06. The largest absolute Gasteiger partial charge is 0.416 e. The first-order valence-corrected chi connectivity index (χ1v) is 9.13. The normalized spacial score (nSPS) is 17.6. The van der Waals surface area contributed by atoms with E-state index in [1.54, 1.807) is 0 Å². The molecule has 0 bridgehead atoms. The average molecular weight is 434 g/mol. The molecule has 6 nitrogen and oxygen atoms in total. The van der Waals surface area contributed by atoms with Crippen LogP contribution in [0.5, 0.6) is 0 Å². The fourth-order valence-electron chi connectivity index (χ4n) is 3.79. The molecule has 1 aromatic heterocycles. The molecule has 1 fully saturated rings. The number of piperidine rings is 1. The van der Waals surface area contributed by atoms with Crippen molar-refractivity contribution in [2.75, 3.05) is 19.6 Å². The minimum absolute atomic E-state index is 0. The van der Waals surface area contributed by atoms with E-state index >= 15 is 0 Å². The Morgan fingerprint density at radius 3 is 2.55 bits per heavy atom. The van der Waals surface area contributed by atoms with Crippen molar-refractivity contribution in [3.8, 4) is 0 Å². The SMILES string of the molecule is Cl.O=C(c1cc(C(F)(F)F)ccc1F)N1CCC(c2nnc3n2CCNC3)CC1. The summed E-state index contributed by atoms with van der Waals surface area (Å²) in [4.78, 5) is 14.0. The van der Waals surface area contributed by atoms with Crippen LogP contribution in [-0.4, -0.2) is 45.2 Å². The minimum atomic E-state index is -4.63. The van der Waals surface area contributed by atoms with E-state index in [1.807, 2.05) is 0 Å². The summed E-state index contributed by atoms with van der Waals surface area (Å²) >= 11 is 0. The monoisotopic (exact) mass is 433 g/mol. The predicted molar refractivity (Wildman–Crippen MR) is 98.3 cm³/mol. The highest BCUT2D eigenvalue weighted by Crippen LogP contribution is 2.32. The molecule has 2 aliphatic rings. The van der Waals surface area contributed by atoms with Crippen LogP contribution < -0.4 is 5.32 Å². The number of aromatic nitrogens is 3. The molecule has 3 heterocycles. The van der Waals surface area contributed by atoms with Crippen LogP contribution >= 0.6 is 12.4 Å². The molecule has 2 aliphatic heterocycles. The van der Waals surface area contributed by atoms with Gasteiger partial charge in [0, 0.05) is 32.1 Å². The number of halogens is 5. The van der Waals surface area contributed by atoms with Crippen LogP contribution in [0.25, 0.3) is 0 Å². The van der Waals surface area contributed by atoms with Gasteiger partial charge in [0.15, 0.2) is 0 Å². The smallest absolute Gasteiger partial charge is 0.339 e. The number of benzene rings is 1. The molecule has 1 amide bonds. The molecule has 0 radical (unpaired) electrons. The number of alkyl halides is 3. The first kappa shape index (κ1) is 21.5. The summed E-state index contributed by atoms with van der Waals surface area (Å²) in [7, 11) is 0. The fraction of sp³-hybridized carbons (Fsp3) is 0.500. The molecule has 0 saturated carbocycles. The number of nitrogens with one attached hydrogen (secondary N) is 1. The van der Waals surface area contributed by atoms with E-state index in [9.17, 15) is 22.4 Å². The Hall–Kier alpha value is -2.20. The molecule has 29 heavy (non-hydrogen) atoms. The van der Waals surface area contributed by atoms with E-state index in [-0.39, 0.29) is 18.3 Å². The fourth-order valence-corrected chi connectivity index (χ4v) is 3.79. The first-order valence-electron chi connectivity index (χ1n) is 9.13.